The molecular formula is C17H29ClN2O2S. The van der Waals surface area contributed by atoms with Crippen molar-refractivity contribution in [3.05, 3.63) is 0 Å². The molecule has 132 valence electrons. The van der Waals surface area contributed by atoms with Gasteiger partial charge in [0.1, 0.15) is 0 Å². The van der Waals surface area contributed by atoms with Crippen LogP contribution in [0.25, 0.3) is 0 Å². The lowest BCUT2D eigenvalue weighted by Crippen LogP contribution is -2.55. The summed E-state index contributed by atoms with van der Waals surface area (Å²) >= 11 is 7.83. The van der Waals surface area contributed by atoms with Crippen LogP contribution in [0.2, 0.25) is 0 Å². The van der Waals surface area contributed by atoms with Gasteiger partial charge in [0.2, 0.25) is 11.8 Å². The normalized spacial score (nSPS) is 21.3. The molecule has 0 N–H and O–H groups in total. The number of amides is 2. The van der Waals surface area contributed by atoms with E-state index in [4.69, 9.17) is 11.6 Å². The molecule has 0 unspecified atom stereocenters. The van der Waals surface area contributed by atoms with Crippen LogP contribution in [0, 0.1) is 11.3 Å². The van der Waals surface area contributed by atoms with E-state index in [-0.39, 0.29) is 16.7 Å². The van der Waals surface area contributed by atoms with Crippen molar-refractivity contribution in [3.8, 4) is 0 Å². The van der Waals surface area contributed by atoms with Crippen molar-refractivity contribution < 1.29 is 9.59 Å². The summed E-state index contributed by atoms with van der Waals surface area (Å²) in [6, 6.07) is 0. The Morgan fingerprint density at radius 2 is 1.83 bits per heavy atom. The standard InChI is InChI=1S/C17H29ClN2O2S/c1-13(2)11-14(21)20-9-10-23-17(20)5-7-19(8-6-17)15(22)16(3,4)12-18/h13H,5-12H2,1-4H3. The SMILES string of the molecule is CC(C)CC(=O)N1CCSC12CCN(C(=O)C(C)(C)CCl)CC2. The molecule has 0 aliphatic carbocycles. The van der Waals surface area contributed by atoms with Gasteiger partial charge < -0.3 is 9.80 Å². The van der Waals surface area contributed by atoms with E-state index in [1.54, 1.807) is 0 Å². The number of alkyl halides is 1. The summed E-state index contributed by atoms with van der Waals surface area (Å²) in [6.07, 6.45) is 2.35. The second-order valence-electron chi connectivity index (χ2n) is 7.75. The van der Waals surface area contributed by atoms with Crippen LogP contribution < -0.4 is 0 Å². The van der Waals surface area contributed by atoms with Crippen LogP contribution in [0.5, 0.6) is 0 Å². The molecule has 4 nitrogen and oxygen atoms in total. The second-order valence-corrected chi connectivity index (χ2v) is 9.47. The Kier molecular flexibility index (Phi) is 5.94. The summed E-state index contributed by atoms with van der Waals surface area (Å²) in [6.45, 7) is 10.3. The van der Waals surface area contributed by atoms with Gasteiger partial charge >= 0.3 is 0 Å². The fraction of sp³-hybridized carbons (Fsp3) is 0.882. The fourth-order valence-corrected chi connectivity index (χ4v) is 4.97. The smallest absolute Gasteiger partial charge is 0.229 e. The van der Waals surface area contributed by atoms with Gasteiger partial charge in [0, 0.05) is 37.7 Å². The first kappa shape index (κ1) is 18.9. The predicted octanol–water partition coefficient (Wildman–Crippen LogP) is 3.19. The van der Waals surface area contributed by atoms with Gasteiger partial charge in [0.05, 0.1) is 10.3 Å². The number of halogens is 1. The Hall–Kier alpha value is -0.420. The predicted molar refractivity (Wildman–Crippen MR) is 96.7 cm³/mol. The summed E-state index contributed by atoms with van der Waals surface area (Å²) in [5.74, 6) is 2.12. The van der Waals surface area contributed by atoms with Crippen molar-refractivity contribution in [1.29, 1.82) is 0 Å². The number of nitrogens with zero attached hydrogens (tertiary/aromatic N) is 2. The first-order chi connectivity index (χ1) is 10.7. The third-order valence-electron chi connectivity index (χ3n) is 4.81. The molecule has 23 heavy (non-hydrogen) atoms. The molecule has 0 bridgehead atoms. The zero-order valence-electron chi connectivity index (χ0n) is 14.7. The highest BCUT2D eigenvalue weighted by Gasteiger charge is 2.47. The fourth-order valence-electron chi connectivity index (χ4n) is 3.38. The summed E-state index contributed by atoms with van der Waals surface area (Å²) < 4.78 is 0. The van der Waals surface area contributed by atoms with Crippen LogP contribution in [0.15, 0.2) is 0 Å². The van der Waals surface area contributed by atoms with Crippen molar-refractivity contribution in [2.24, 2.45) is 11.3 Å². The molecule has 0 atom stereocenters. The van der Waals surface area contributed by atoms with E-state index in [0.717, 1.165) is 38.2 Å². The highest BCUT2D eigenvalue weighted by atomic mass is 35.5. The molecule has 0 aromatic heterocycles. The van der Waals surface area contributed by atoms with Crippen molar-refractivity contribution in [2.75, 3.05) is 31.3 Å². The number of thioether (sulfide) groups is 1. The lowest BCUT2D eigenvalue weighted by atomic mass is 9.92. The minimum atomic E-state index is -0.512. The number of carbonyl (C=O) groups is 2. The van der Waals surface area contributed by atoms with E-state index in [0.29, 0.717) is 18.2 Å². The molecule has 2 heterocycles. The Balaban J connectivity index is 2.02. The number of rotatable bonds is 4. The zero-order valence-corrected chi connectivity index (χ0v) is 16.3. The number of hydrogen-bond acceptors (Lipinski definition) is 3. The summed E-state index contributed by atoms with van der Waals surface area (Å²) in [5.41, 5.74) is -0.512. The Labute approximate surface area is 149 Å². The monoisotopic (exact) mass is 360 g/mol. The van der Waals surface area contributed by atoms with Crippen LogP contribution in [0.3, 0.4) is 0 Å². The Bertz CT molecular complexity index is 460. The number of likely N-dealkylation sites (tertiary alicyclic amines) is 1. The van der Waals surface area contributed by atoms with Gasteiger partial charge in [-0.05, 0) is 32.6 Å². The molecule has 2 amide bonds. The first-order valence-corrected chi connectivity index (χ1v) is 10.0. The molecule has 2 saturated heterocycles. The van der Waals surface area contributed by atoms with Crippen molar-refractivity contribution in [1.82, 2.24) is 9.80 Å². The van der Waals surface area contributed by atoms with Crippen molar-refractivity contribution in [3.63, 3.8) is 0 Å². The highest BCUT2D eigenvalue weighted by molar-refractivity contribution is 8.00. The molecule has 6 heteroatoms. The zero-order chi connectivity index (χ0) is 17.3. The largest absolute Gasteiger partial charge is 0.342 e. The van der Waals surface area contributed by atoms with Gasteiger partial charge in [-0.1, -0.05) is 13.8 Å². The van der Waals surface area contributed by atoms with Gasteiger partial charge in [-0.2, -0.15) is 0 Å². The summed E-state index contributed by atoms with van der Waals surface area (Å²) in [4.78, 5) is 29.1. The average Bonchev–Trinajstić information content (AvgIpc) is 2.90. The maximum Gasteiger partial charge on any atom is 0.229 e. The van der Waals surface area contributed by atoms with Gasteiger partial charge in [-0.15, -0.1) is 23.4 Å². The number of hydrogen-bond donors (Lipinski definition) is 0. The maximum atomic E-state index is 12.6. The summed E-state index contributed by atoms with van der Waals surface area (Å²) in [5, 5.41) is 0. The van der Waals surface area contributed by atoms with Crippen molar-refractivity contribution in [2.45, 2.75) is 51.8 Å². The lowest BCUT2D eigenvalue weighted by Gasteiger charge is -2.45. The van der Waals surface area contributed by atoms with E-state index >= 15 is 0 Å². The third-order valence-corrected chi connectivity index (χ3v) is 7.03. The number of piperidine rings is 1. The molecule has 2 aliphatic rings. The average molecular weight is 361 g/mol. The lowest BCUT2D eigenvalue weighted by molar-refractivity contribution is -0.142. The molecular weight excluding hydrogens is 332 g/mol. The Morgan fingerprint density at radius 3 is 2.35 bits per heavy atom. The van der Waals surface area contributed by atoms with Crippen LogP contribution in [-0.4, -0.2) is 57.8 Å². The quantitative estimate of drug-likeness (QED) is 0.723. The van der Waals surface area contributed by atoms with E-state index < -0.39 is 5.41 Å². The molecule has 2 fully saturated rings. The molecule has 2 rings (SSSR count). The van der Waals surface area contributed by atoms with Crippen molar-refractivity contribution >= 4 is 35.2 Å². The van der Waals surface area contributed by atoms with Gasteiger partial charge in [-0.25, -0.2) is 0 Å². The van der Waals surface area contributed by atoms with Crippen LogP contribution >= 0.6 is 23.4 Å². The van der Waals surface area contributed by atoms with Crippen LogP contribution in [0.4, 0.5) is 0 Å². The minimum Gasteiger partial charge on any atom is -0.342 e. The molecule has 0 saturated carbocycles. The molecule has 0 aromatic carbocycles. The Morgan fingerprint density at radius 1 is 1.22 bits per heavy atom. The maximum absolute atomic E-state index is 12.6. The van der Waals surface area contributed by atoms with E-state index in [2.05, 4.69) is 18.7 Å². The van der Waals surface area contributed by atoms with Crippen LogP contribution in [-0.2, 0) is 9.59 Å². The second kappa shape index (κ2) is 7.22. The van der Waals surface area contributed by atoms with Gasteiger partial charge in [-0.3, -0.25) is 9.59 Å². The van der Waals surface area contributed by atoms with E-state index in [1.807, 2.05) is 30.5 Å². The van der Waals surface area contributed by atoms with Crippen LogP contribution in [0.1, 0.15) is 47.0 Å². The molecule has 1 spiro atoms. The van der Waals surface area contributed by atoms with E-state index in [1.165, 1.54) is 0 Å². The summed E-state index contributed by atoms with van der Waals surface area (Å²) in [7, 11) is 0. The first-order valence-electron chi connectivity index (χ1n) is 8.51. The molecule has 0 radical (unpaired) electrons. The van der Waals surface area contributed by atoms with E-state index in [9.17, 15) is 9.59 Å². The van der Waals surface area contributed by atoms with Gasteiger partial charge in [0.25, 0.3) is 0 Å². The topological polar surface area (TPSA) is 40.6 Å². The third kappa shape index (κ3) is 3.98. The molecule has 0 aromatic rings. The minimum absolute atomic E-state index is 0.0894. The van der Waals surface area contributed by atoms with Gasteiger partial charge in [0.15, 0.2) is 0 Å². The molecule has 2 aliphatic heterocycles. The highest BCUT2D eigenvalue weighted by Crippen LogP contribution is 2.44. The number of carbonyl (C=O) groups excluding carboxylic acids is 2.